The van der Waals surface area contributed by atoms with Crippen molar-refractivity contribution in [2.24, 2.45) is 5.41 Å². The van der Waals surface area contributed by atoms with Crippen molar-refractivity contribution in [3.8, 4) is 11.1 Å². The summed E-state index contributed by atoms with van der Waals surface area (Å²) in [5, 5.41) is 4.71. The van der Waals surface area contributed by atoms with Crippen LogP contribution in [-0.4, -0.2) is 23.1 Å². The highest BCUT2D eigenvalue weighted by Gasteiger charge is 2.37. The van der Waals surface area contributed by atoms with Gasteiger partial charge in [-0.25, -0.2) is 4.98 Å². The van der Waals surface area contributed by atoms with E-state index in [4.69, 9.17) is 0 Å². The minimum atomic E-state index is 0.410. The van der Waals surface area contributed by atoms with Crippen molar-refractivity contribution in [2.75, 3.05) is 13.1 Å². The summed E-state index contributed by atoms with van der Waals surface area (Å²) >= 11 is 0. The lowest BCUT2D eigenvalue weighted by Crippen LogP contribution is -2.40. The van der Waals surface area contributed by atoms with Crippen molar-refractivity contribution < 1.29 is 0 Å². The Morgan fingerprint density at radius 3 is 2.73 bits per heavy atom. The lowest BCUT2D eigenvalue weighted by atomic mass is 9.65. The molecule has 0 radical (unpaired) electrons. The highest BCUT2D eigenvalue weighted by molar-refractivity contribution is 5.94. The Hall–Kier alpha value is -2.39. The fourth-order valence-corrected chi connectivity index (χ4v) is 4.92. The van der Waals surface area contributed by atoms with Gasteiger partial charge in [-0.2, -0.15) is 0 Å². The summed E-state index contributed by atoms with van der Waals surface area (Å²) in [4.78, 5) is 7.95. The van der Waals surface area contributed by atoms with E-state index in [9.17, 15) is 0 Å². The van der Waals surface area contributed by atoms with Gasteiger partial charge in [-0.1, -0.05) is 24.8 Å². The van der Waals surface area contributed by atoms with Gasteiger partial charge in [-0.05, 0) is 85.5 Å². The number of aromatic nitrogens is 2. The number of nitrogens with one attached hydrogen (secondary N) is 2. The van der Waals surface area contributed by atoms with E-state index in [1.54, 1.807) is 0 Å². The number of piperidine rings is 1. The largest absolute Gasteiger partial charge is 0.346 e. The van der Waals surface area contributed by atoms with Crippen molar-refractivity contribution in [3.63, 3.8) is 0 Å². The molecule has 1 aliphatic carbocycles. The van der Waals surface area contributed by atoms with E-state index >= 15 is 0 Å². The molecule has 1 aromatic carbocycles. The molecule has 1 saturated heterocycles. The predicted molar refractivity (Wildman–Crippen MR) is 108 cm³/mol. The van der Waals surface area contributed by atoms with Gasteiger partial charge in [0.05, 0.1) is 0 Å². The molecule has 1 aliphatic heterocycles. The summed E-state index contributed by atoms with van der Waals surface area (Å²) in [5.41, 5.74) is 9.09. The molecule has 1 fully saturated rings. The van der Waals surface area contributed by atoms with Crippen LogP contribution in [0.5, 0.6) is 0 Å². The smallest absolute Gasteiger partial charge is 0.138 e. The maximum atomic E-state index is 4.61. The molecular formula is C23H25N3. The summed E-state index contributed by atoms with van der Waals surface area (Å²) in [6, 6.07) is 11.2. The normalized spacial score (nSPS) is 19.0. The van der Waals surface area contributed by atoms with Gasteiger partial charge in [0, 0.05) is 22.8 Å². The van der Waals surface area contributed by atoms with Crippen LogP contribution in [0, 0.1) is 12.3 Å². The number of benzene rings is 1. The zero-order valence-corrected chi connectivity index (χ0v) is 15.4. The van der Waals surface area contributed by atoms with Gasteiger partial charge in [-0.3, -0.25) is 0 Å². The molecule has 26 heavy (non-hydrogen) atoms. The third-order valence-corrected chi connectivity index (χ3v) is 6.29. The minimum Gasteiger partial charge on any atom is -0.346 e. The second kappa shape index (κ2) is 5.82. The van der Waals surface area contributed by atoms with E-state index in [1.165, 1.54) is 52.5 Å². The van der Waals surface area contributed by atoms with Gasteiger partial charge in [0.1, 0.15) is 5.65 Å². The molecule has 0 amide bonds. The number of pyridine rings is 1. The molecule has 0 atom stereocenters. The van der Waals surface area contributed by atoms with Crippen LogP contribution in [0.3, 0.4) is 0 Å². The number of H-pyrrole nitrogens is 1. The van der Waals surface area contributed by atoms with E-state index in [-0.39, 0.29) is 0 Å². The van der Waals surface area contributed by atoms with E-state index in [1.807, 2.05) is 6.92 Å². The molecule has 3 heterocycles. The van der Waals surface area contributed by atoms with Gasteiger partial charge in [0.2, 0.25) is 0 Å². The van der Waals surface area contributed by atoms with Crippen molar-refractivity contribution in [1.82, 2.24) is 15.3 Å². The molecule has 3 heteroatoms. The van der Waals surface area contributed by atoms with Crippen LogP contribution in [0.25, 0.3) is 27.7 Å². The molecule has 0 bridgehead atoms. The summed E-state index contributed by atoms with van der Waals surface area (Å²) in [6.07, 6.45) is 6.93. The molecule has 2 aliphatic rings. The van der Waals surface area contributed by atoms with Crippen LogP contribution in [0.4, 0.5) is 0 Å². The first kappa shape index (κ1) is 15.8. The molecular weight excluding hydrogens is 318 g/mol. The van der Waals surface area contributed by atoms with Crippen LogP contribution in [-0.2, 0) is 6.42 Å². The number of hydrogen-bond donors (Lipinski definition) is 2. The van der Waals surface area contributed by atoms with Gasteiger partial charge in [0.15, 0.2) is 0 Å². The Kier molecular flexibility index (Phi) is 3.54. The second-order valence-electron chi connectivity index (χ2n) is 8.13. The van der Waals surface area contributed by atoms with Crippen LogP contribution in [0.2, 0.25) is 0 Å². The molecule has 2 N–H and O–H groups in total. The zero-order chi connectivity index (χ0) is 17.7. The summed E-state index contributed by atoms with van der Waals surface area (Å²) in [6.45, 7) is 8.72. The Morgan fingerprint density at radius 2 is 1.88 bits per heavy atom. The van der Waals surface area contributed by atoms with Crippen molar-refractivity contribution in [3.05, 3.63) is 59.9 Å². The molecule has 132 valence electrons. The van der Waals surface area contributed by atoms with Crippen molar-refractivity contribution >= 4 is 16.6 Å². The third-order valence-electron chi connectivity index (χ3n) is 6.29. The average Bonchev–Trinajstić information content (AvgIpc) is 3.04. The highest BCUT2D eigenvalue weighted by atomic mass is 14.9. The quantitative estimate of drug-likeness (QED) is 0.662. The number of aryl methyl sites for hydroxylation is 1. The maximum absolute atomic E-state index is 4.61. The number of rotatable bonds is 1. The van der Waals surface area contributed by atoms with Crippen LogP contribution in [0.15, 0.2) is 43.1 Å². The first-order valence-corrected chi connectivity index (χ1v) is 9.61. The van der Waals surface area contributed by atoms with E-state index in [0.29, 0.717) is 5.41 Å². The standard InChI is InChI=1S/C23H25N3/c1-15-12-23(7-9-24-10-8-23)13-18-11-17(4-6-19(15)18)21-14-25-22-20(21)5-3-16(2)26-22/h3-6,11,14,24H,1,7-10,12-13H2,2H3,(H,25,26). The van der Waals surface area contributed by atoms with Gasteiger partial charge < -0.3 is 10.3 Å². The molecule has 2 aromatic heterocycles. The van der Waals surface area contributed by atoms with E-state index in [2.05, 4.69) is 58.4 Å². The Morgan fingerprint density at radius 1 is 1.04 bits per heavy atom. The van der Waals surface area contributed by atoms with Gasteiger partial charge >= 0.3 is 0 Å². The molecule has 3 aromatic rings. The first-order valence-electron chi connectivity index (χ1n) is 9.61. The third kappa shape index (κ3) is 2.50. The second-order valence-corrected chi connectivity index (χ2v) is 8.13. The lowest BCUT2D eigenvalue weighted by Gasteiger charge is -2.42. The zero-order valence-electron chi connectivity index (χ0n) is 15.4. The molecule has 0 unspecified atom stereocenters. The number of nitrogens with zero attached hydrogens (tertiary/aromatic N) is 1. The van der Waals surface area contributed by atoms with Crippen LogP contribution >= 0.6 is 0 Å². The van der Waals surface area contributed by atoms with Gasteiger partial charge in [-0.15, -0.1) is 0 Å². The number of aromatic amines is 1. The Bertz CT molecular complexity index is 1010. The predicted octanol–water partition coefficient (Wildman–Crippen LogP) is 4.87. The fourth-order valence-electron chi connectivity index (χ4n) is 4.92. The number of fused-ring (bicyclic) bond motifs is 2. The molecule has 5 rings (SSSR count). The van der Waals surface area contributed by atoms with Crippen molar-refractivity contribution in [1.29, 1.82) is 0 Å². The SMILES string of the molecule is C=C1CC2(CCNCC2)Cc2cc(-c3c[nH]c4nc(C)ccc34)ccc21. The molecule has 0 saturated carbocycles. The van der Waals surface area contributed by atoms with Crippen molar-refractivity contribution in [2.45, 2.75) is 32.6 Å². The average molecular weight is 343 g/mol. The highest BCUT2D eigenvalue weighted by Crippen LogP contribution is 2.47. The lowest BCUT2D eigenvalue weighted by molar-refractivity contribution is 0.201. The summed E-state index contributed by atoms with van der Waals surface area (Å²) < 4.78 is 0. The van der Waals surface area contributed by atoms with E-state index < -0.39 is 0 Å². The van der Waals surface area contributed by atoms with Gasteiger partial charge in [0.25, 0.3) is 0 Å². The maximum Gasteiger partial charge on any atom is 0.138 e. The number of hydrogen-bond acceptors (Lipinski definition) is 2. The summed E-state index contributed by atoms with van der Waals surface area (Å²) in [7, 11) is 0. The monoisotopic (exact) mass is 343 g/mol. The summed E-state index contributed by atoms with van der Waals surface area (Å²) in [5.74, 6) is 0. The minimum absolute atomic E-state index is 0.410. The number of allylic oxidation sites excluding steroid dienone is 1. The first-order chi connectivity index (χ1) is 12.6. The van der Waals surface area contributed by atoms with Crippen LogP contribution in [0.1, 0.15) is 36.1 Å². The molecule has 1 spiro atoms. The fraction of sp³-hybridized carbons (Fsp3) is 0.348. The Balaban J connectivity index is 1.58. The van der Waals surface area contributed by atoms with Crippen LogP contribution < -0.4 is 5.32 Å². The Labute approximate surface area is 154 Å². The molecule has 3 nitrogen and oxygen atoms in total. The van der Waals surface area contributed by atoms with E-state index in [0.717, 1.165) is 30.9 Å². The topological polar surface area (TPSA) is 40.7 Å².